The first kappa shape index (κ1) is 16.8. The van der Waals surface area contributed by atoms with Gasteiger partial charge in [0.05, 0.1) is 23.8 Å². The van der Waals surface area contributed by atoms with E-state index in [9.17, 15) is 4.79 Å². The third-order valence-electron chi connectivity index (χ3n) is 4.17. The maximum absolute atomic E-state index is 12.1. The van der Waals surface area contributed by atoms with Crippen LogP contribution in [0.5, 0.6) is 0 Å². The molecule has 2 heterocycles. The molecule has 1 aliphatic rings. The van der Waals surface area contributed by atoms with E-state index in [4.69, 9.17) is 4.74 Å². The van der Waals surface area contributed by atoms with E-state index in [1.807, 2.05) is 36.6 Å². The fourth-order valence-electron chi connectivity index (χ4n) is 3.01. The first-order chi connectivity index (χ1) is 11.8. The highest BCUT2D eigenvalue weighted by Gasteiger charge is 2.29. The predicted molar refractivity (Wildman–Crippen MR) is 95.6 cm³/mol. The molecule has 0 radical (unpaired) electrons. The Bertz CT molecular complexity index is 680. The van der Waals surface area contributed by atoms with Crippen LogP contribution in [0.4, 0.5) is 0 Å². The maximum atomic E-state index is 12.1. The Hall–Kier alpha value is -2.02. The number of carbonyl (C=O) groups is 1. The number of quaternary nitrogens is 1. The van der Waals surface area contributed by atoms with Crippen molar-refractivity contribution in [3.8, 4) is 0 Å². The van der Waals surface area contributed by atoms with Gasteiger partial charge in [0.2, 0.25) is 0 Å². The molecule has 2 aromatic rings. The summed E-state index contributed by atoms with van der Waals surface area (Å²) in [5.74, 6) is -0.159. The van der Waals surface area contributed by atoms with Crippen LogP contribution in [0.15, 0.2) is 52.9 Å². The second-order valence-corrected chi connectivity index (χ2v) is 6.73. The van der Waals surface area contributed by atoms with Crippen molar-refractivity contribution < 1.29 is 14.4 Å². The number of hydrogen-bond donors (Lipinski definition) is 2. The number of ether oxygens (including phenoxy) is 1. The van der Waals surface area contributed by atoms with Crippen molar-refractivity contribution >= 4 is 23.0 Å². The van der Waals surface area contributed by atoms with Crippen LogP contribution >= 0.6 is 11.3 Å². The van der Waals surface area contributed by atoms with Crippen LogP contribution in [0.2, 0.25) is 0 Å². The third-order valence-corrected chi connectivity index (χ3v) is 5.04. The van der Waals surface area contributed by atoms with Gasteiger partial charge in [-0.25, -0.2) is 5.43 Å². The van der Waals surface area contributed by atoms with E-state index in [-0.39, 0.29) is 11.9 Å². The molecule has 1 saturated heterocycles. The lowest BCUT2D eigenvalue weighted by Crippen LogP contribution is -3.15. The van der Waals surface area contributed by atoms with Crippen LogP contribution in [0.25, 0.3) is 0 Å². The van der Waals surface area contributed by atoms with Crippen LogP contribution in [0.1, 0.15) is 28.2 Å². The summed E-state index contributed by atoms with van der Waals surface area (Å²) in [5.41, 5.74) is 4.80. The Kier molecular flexibility index (Phi) is 5.74. The molecule has 1 fully saturated rings. The second kappa shape index (κ2) is 8.19. The SMILES string of the molecule is C/C(=N/NC(=O)c1cccs1)[C@@H](c1ccccc1)[NH+]1CCOCC1. The van der Waals surface area contributed by atoms with Crippen molar-refractivity contribution in [1.82, 2.24) is 5.43 Å². The van der Waals surface area contributed by atoms with Gasteiger partial charge in [0.15, 0.2) is 6.04 Å². The Morgan fingerprint density at radius 3 is 2.62 bits per heavy atom. The molecule has 6 heteroatoms. The zero-order valence-electron chi connectivity index (χ0n) is 13.7. The summed E-state index contributed by atoms with van der Waals surface area (Å²) in [6.45, 7) is 5.37. The van der Waals surface area contributed by atoms with Gasteiger partial charge < -0.3 is 9.64 Å². The first-order valence-corrected chi connectivity index (χ1v) is 8.99. The Balaban J connectivity index is 1.78. The highest BCUT2D eigenvalue weighted by molar-refractivity contribution is 7.12. The molecule has 2 N–H and O–H groups in total. The summed E-state index contributed by atoms with van der Waals surface area (Å²) < 4.78 is 5.48. The highest BCUT2D eigenvalue weighted by Crippen LogP contribution is 2.12. The molecular formula is C18H22N3O2S+. The fraction of sp³-hybridized carbons (Fsp3) is 0.333. The van der Waals surface area contributed by atoms with Crippen LogP contribution in [-0.2, 0) is 4.74 Å². The molecule has 1 aromatic carbocycles. The van der Waals surface area contributed by atoms with Crippen molar-refractivity contribution in [3.63, 3.8) is 0 Å². The lowest BCUT2D eigenvalue weighted by molar-refractivity contribution is -0.928. The van der Waals surface area contributed by atoms with E-state index in [2.05, 4.69) is 22.7 Å². The van der Waals surface area contributed by atoms with E-state index >= 15 is 0 Å². The Morgan fingerprint density at radius 1 is 1.21 bits per heavy atom. The largest absolute Gasteiger partial charge is 0.370 e. The molecule has 1 aromatic heterocycles. The van der Waals surface area contributed by atoms with Crippen molar-refractivity contribution in [2.45, 2.75) is 13.0 Å². The average Bonchev–Trinajstić information content (AvgIpc) is 3.16. The van der Waals surface area contributed by atoms with Gasteiger partial charge in [0.25, 0.3) is 5.91 Å². The van der Waals surface area contributed by atoms with Crippen molar-refractivity contribution in [2.24, 2.45) is 5.10 Å². The van der Waals surface area contributed by atoms with E-state index in [1.165, 1.54) is 21.8 Å². The van der Waals surface area contributed by atoms with Crippen molar-refractivity contribution in [1.29, 1.82) is 0 Å². The Labute approximate surface area is 145 Å². The molecule has 24 heavy (non-hydrogen) atoms. The van der Waals surface area contributed by atoms with E-state index in [1.54, 1.807) is 6.07 Å². The van der Waals surface area contributed by atoms with Gasteiger partial charge in [-0.05, 0) is 18.4 Å². The van der Waals surface area contributed by atoms with Crippen LogP contribution in [-0.4, -0.2) is 37.9 Å². The summed E-state index contributed by atoms with van der Waals surface area (Å²) in [5, 5.41) is 6.28. The molecular weight excluding hydrogens is 322 g/mol. The lowest BCUT2D eigenvalue weighted by Gasteiger charge is -2.31. The topological polar surface area (TPSA) is 55.1 Å². The molecule has 0 aliphatic carbocycles. The van der Waals surface area contributed by atoms with Crippen molar-refractivity contribution in [2.75, 3.05) is 26.3 Å². The number of carbonyl (C=O) groups excluding carboxylic acids is 1. The summed E-state index contributed by atoms with van der Waals surface area (Å²) in [6.07, 6.45) is 0. The lowest BCUT2D eigenvalue weighted by atomic mass is 10.0. The summed E-state index contributed by atoms with van der Waals surface area (Å²) in [7, 11) is 0. The summed E-state index contributed by atoms with van der Waals surface area (Å²) in [4.78, 5) is 14.2. The number of thiophene rings is 1. The number of hydrogen-bond acceptors (Lipinski definition) is 4. The molecule has 1 atom stereocenters. The quantitative estimate of drug-likeness (QED) is 0.638. The van der Waals surface area contributed by atoms with Gasteiger partial charge in [-0.2, -0.15) is 5.10 Å². The average molecular weight is 344 g/mol. The minimum Gasteiger partial charge on any atom is -0.370 e. The zero-order chi connectivity index (χ0) is 16.8. The third kappa shape index (κ3) is 4.08. The molecule has 126 valence electrons. The standard InChI is InChI=1S/C18H21N3O2S/c1-14(19-20-18(22)16-8-5-13-24-16)17(15-6-3-2-4-7-15)21-9-11-23-12-10-21/h2-8,13,17H,9-12H2,1H3,(H,20,22)/p+1/b19-14-/t17-/m0/s1. The highest BCUT2D eigenvalue weighted by atomic mass is 32.1. The molecule has 1 aliphatic heterocycles. The van der Waals surface area contributed by atoms with Gasteiger partial charge in [-0.1, -0.05) is 36.4 Å². The molecule has 0 bridgehead atoms. The molecule has 5 nitrogen and oxygen atoms in total. The molecule has 0 unspecified atom stereocenters. The van der Waals surface area contributed by atoms with Gasteiger partial charge in [0.1, 0.15) is 13.1 Å². The predicted octanol–water partition coefficient (Wildman–Crippen LogP) is 1.51. The fourth-order valence-corrected chi connectivity index (χ4v) is 3.62. The van der Waals surface area contributed by atoms with Gasteiger partial charge in [-0.15, -0.1) is 11.3 Å². The Morgan fingerprint density at radius 2 is 1.96 bits per heavy atom. The van der Waals surface area contributed by atoms with E-state index < -0.39 is 0 Å². The second-order valence-electron chi connectivity index (χ2n) is 5.79. The van der Waals surface area contributed by atoms with Gasteiger partial charge in [0, 0.05) is 5.56 Å². The van der Waals surface area contributed by atoms with E-state index in [0.29, 0.717) is 4.88 Å². The number of amides is 1. The zero-order valence-corrected chi connectivity index (χ0v) is 14.5. The number of rotatable bonds is 5. The van der Waals surface area contributed by atoms with Gasteiger partial charge >= 0.3 is 0 Å². The van der Waals surface area contributed by atoms with Crippen LogP contribution in [0, 0.1) is 0 Å². The summed E-state index contributed by atoms with van der Waals surface area (Å²) in [6, 6.07) is 14.1. The van der Waals surface area contributed by atoms with Gasteiger partial charge in [-0.3, -0.25) is 4.79 Å². The summed E-state index contributed by atoms with van der Waals surface area (Å²) >= 11 is 1.41. The molecule has 0 saturated carbocycles. The number of hydrazone groups is 1. The number of nitrogens with zero attached hydrogens (tertiary/aromatic N) is 1. The number of nitrogens with one attached hydrogen (secondary N) is 2. The maximum Gasteiger partial charge on any atom is 0.281 e. The number of benzene rings is 1. The van der Waals surface area contributed by atoms with Crippen LogP contribution in [0.3, 0.4) is 0 Å². The normalized spacial score (nSPS) is 17.5. The smallest absolute Gasteiger partial charge is 0.281 e. The van der Waals surface area contributed by atoms with Crippen molar-refractivity contribution in [3.05, 3.63) is 58.3 Å². The number of morpholine rings is 1. The monoisotopic (exact) mass is 344 g/mol. The first-order valence-electron chi connectivity index (χ1n) is 8.11. The minimum absolute atomic E-state index is 0.124. The van der Waals surface area contributed by atoms with E-state index in [0.717, 1.165) is 32.0 Å². The molecule has 1 amide bonds. The molecule has 0 spiro atoms. The minimum atomic E-state index is -0.159. The van der Waals surface area contributed by atoms with Crippen LogP contribution < -0.4 is 10.3 Å². The molecule has 3 rings (SSSR count).